The fourth-order valence-electron chi connectivity index (χ4n) is 2.69. The van der Waals surface area contributed by atoms with Crippen molar-refractivity contribution < 1.29 is 4.79 Å². The van der Waals surface area contributed by atoms with Crippen molar-refractivity contribution in [1.82, 2.24) is 10.6 Å². The van der Waals surface area contributed by atoms with Gasteiger partial charge in [0.2, 0.25) is 5.91 Å². The molecule has 1 atom stereocenters. The van der Waals surface area contributed by atoms with E-state index in [0.717, 1.165) is 0 Å². The Morgan fingerprint density at radius 1 is 1.35 bits per heavy atom. The topological polar surface area (TPSA) is 41.1 Å². The monoisotopic (exact) mass is 272 g/mol. The molecule has 1 aliphatic carbocycles. The van der Waals surface area contributed by atoms with E-state index < -0.39 is 0 Å². The smallest absolute Gasteiger partial charge is 0.234 e. The summed E-state index contributed by atoms with van der Waals surface area (Å²) >= 11 is 0. The summed E-state index contributed by atoms with van der Waals surface area (Å²) < 4.78 is 0. The molecule has 108 valence electrons. The van der Waals surface area contributed by atoms with Crippen LogP contribution in [0.1, 0.15) is 42.5 Å². The molecule has 0 aromatic heterocycles. The van der Waals surface area contributed by atoms with Crippen LogP contribution in [-0.4, -0.2) is 19.0 Å². The Hall–Kier alpha value is -1.61. The number of fused-ring (bicyclic) bond motifs is 1. The Morgan fingerprint density at radius 2 is 2.10 bits per heavy atom. The Labute approximate surface area is 121 Å². The van der Waals surface area contributed by atoms with Crippen molar-refractivity contribution >= 4 is 5.91 Å². The lowest BCUT2D eigenvalue weighted by Gasteiger charge is -2.20. The molecule has 3 heteroatoms. The molecule has 1 aromatic carbocycles. The highest BCUT2D eigenvalue weighted by molar-refractivity contribution is 5.78. The number of aryl methyl sites for hydroxylation is 2. The first-order chi connectivity index (χ1) is 9.70. The number of carbonyl (C=O) groups is 1. The van der Waals surface area contributed by atoms with E-state index in [-0.39, 0.29) is 11.9 Å². The summed E-state index contributed by atoms with van der Waals surface area (Å²) in [6.45, 7) is 6.64. The van der Waals surface area contributed by atoms with Crippen molar-refractivity contribution in [3.8, 4) is 0 Å². The lowest BCUT2D eigenvalue weighted by molar-refractivity contribution is -0.120. The third-order valence-corrected chi connectivity index (χ3v) is 3.82. The zero-order valence-electron chi connectivity index (χ0n) is 12.2. The summed E-state index contributed by atoms with van der Waals surface area (Å²) in [5.41, 5.74) is 4.13. The summed E-state index contributed by atoms with van der Waals surface area (Å²) in [6, 6.07) is 6.69. The Balaban J connectivity index is 1.93. The minimum atomic E-state index is 0.0251. The predicted octanol–water partition coefficient (Wildman–Crippen LogP) is 2.52. The fraction of sp³-hybridized carbons (Fsp3) is 0.471. The highest BCUT2D eigenvalue weighted by Gasteiger charge is 2.13. The van der Waals surface area contributed by atoms with Crippen LogP contribution in [0.25, 0.3) is 0 Å². The van der Waals surface area contributed by atoms with E-state index in [0.29, 0.717) is 13.1 Å². The van der Waals surface area contributed by atoms with Gasteiger partial charge in [0.15, 0.2) is 0 Å². The third kappa shape index (κ3) is 3.94. The first-order valence-corrected chi connectivity index (χ1v) is 7.43. The van der Waals surface area contributed by atoms with E-state index in [1.54, 1.807) is 6.08 Å². The van der Waals surface area contributed by atoms with Gasteiger partial charge in [0.25, 0.3) is 0 Å². The van der Waals surface area contributed by atoms with E-state index in [9.17, 15) is 4.79 Å². The first kappa shape index (κ1) is 14.8. The van der Waals surface area contributed by atoms with Gasteiger partial charge < -0.3 is 10.6 Å². The van der Waals surface area contributed by atoms with Crippen molar-refractivity contribution in [3.05, 3.63) is 47.5 Å². The minimum absolute atomic E-state index is 0.0251. The lowest BCUT2D eigenvalue weighted by Crippen LogP contribution is -2.35. The summed E-state index contributed by atoms with van der Waals surface area (Å²) in [4.78, 5) is 11.8. The van der Waals surface area contributed by atoms with Gasteiger partial charge >= 0.3 is 0 Å². The highest BCUT2D eigenvalue weighted by Crippen LogP contribution is 2.24. The van der Waals surface area contributed by atoms with Crippen LogP contribution in [0.15, 0.2) is 30.9 Å². The fourth-order valence-corrected chi connectivity index (χ4v) is 2.69. The van der Waals surface area contributed by atoms with Gasteiger partial charge in [-0.1, -0.05) is 24.3 Å². The SMILES string of the molecule is C=CCNCC(=O)NC(C)c1ccc2c(c1)CCCC2. The van der Waals surface area contributed by atoms with E-state index in [1.807, 2.05) is 6.92 Å². The predicted molar refractivity (Wildman–Crippen MR) is 82.7 cm³/mol. The molecule has 1 aromatic rings. The second-order valence-electron chi connectivity index (χ2n) is 5.44. The summed E-state index contributed by atoms with van der Waals surface area (Å²) in [7, 11) is 0. The van der Waals surface area contributed by atoms with Crippen LogP contribution in [0.4, 0.5) is 0 Å². The normalized spacial score (nSPS) is 15.2. The molecule has 0 radical (unpaired) electrons. The molecule has 0 saturated carbocycles. The summed E-state index contributed by atoms with van der Waals surface area (Å²) in [5.74, 6) is 0.0251. The van der Waals surface area contributed by atoms with Crippen LogP contribution in [0.3, 0.4) is 0 Å². The van der Waals surface area contributed by atoms with Crippen molar-refractivity contribution in [3.63, 3.8) is 0 Å². The van der Waals surface area contributed by atoms with Crippen LogP contribution in [-0.2, 0) is 17.6 Å². The number of carbonyl (C=O) groups excluding carboxylic acids is 1. The van der Waals surface area contributed by atoms with E-state index in [1.165, 1.54) is 42.4 Å². The van der Waals surface area contributed by atoms with E-state index in [2.05, 4.69) is 35.4 Å². The number of benzene rings is 1. The number of nitrogens with one attached hydrogen (secondary N) is 2. The quantitative estimate of drug-likeness (QED) is 0.617. The highest BCUT2D eigenvalue weighted by atomic mass is 16.1. The Kier molecular flexibility index (Phi) is 5.36. The molecule has 0 bridgehead atoms. The minimum Gasteiger partial charge on any atom is -0.348 e. The van der Waals surface area contributed by atoms with E-state index in [4.69, 9.17) is 0 Å². The number of amides is 1. The second-order valence-corrected chi connectivity index (χ2v) is 5.44. The molecule has 1 amide bonds. The molecular formula is C17H24N2O. The molecule has 1 aliphatic rings. The standard InChI is InChI=1S/C17H24N2O/c1-3-10-18-12-17(20)19-13(2)15-9-8-14-6-4-5-7-16(14)11-15/h3,8-9,11,13,18H,1,4-7,10,12H2,2H3,(H,19,20). The molecule has 2 rings (SSSR count). The van der Waals surface area contributed by atoms with Gasteiger partial charge in [-0.2, -0.15) is 0 Å². The van der Waals surface area contributed by atoms with Crippen molar-refractivity contribution in [2.75, 3.05) is 13.1 Å². The molecule has 0 spiro atoms. The molecular weight excluding hydrogens is 248 g/mol. The molecule has 0 heterocycles. The van der Waals surface area contributed by atoms with Gasteiger partial charge in [0.1, 0.15) is 0 Å². The first-order valence-electron chi connectivity index (χ1n) is 7.43. The average molecular weight is 272 g/mol. The Morgan fingerprint density at radius 3 is 2.85 bits per heavy atom. The number of rotatable bonds is 6. The van der Waals surface area contributed by atoms with Crippen LogP contribution in [0, 0.1) is 0 Å². The zero-order chi connectivity index (χ0) is 14.4. The van der Waals surface area contributed by atoms with Gasteiger partial charge in [-0.3, -0.25) is 4.79 Å². The number of hydrogen-bond donors (Lipinski definition) is 2. The summed E-state index contributed by atoms with van der Waals surface area (Å²) in [6.07, 6.45) is 6.70. The molecule has 20 heavy (non-hydrogen) atoms. The maximum Gasteiger partial charge on any atom is 0.234 e. The van der Waals surface area contributed by atoms with Crippen LogP contribution >= 0.6 is 0 Å². The molecule has 3 nitrogen and oxygen atoms in total. The van der Waals surface area contributed by atoms with Crippen molar-refractivity contribution in [1.29, 1.82) is 0 Å². The van der Waals surface area contributed by atoms with Crippen molar-refractivity contribution in [2.45, 2.75) is 38.6 Å². The Bertz CT molecular complexity index is 482. The molecule has 2 N–H and O–H groups in total. The largest absolute Gasteiger partial charge is 0.348 e. The van der Waals surface area contributed by atoms with Gasteiger partial charge in [0, 0.05) is 6.54 Å². The maximum absolute atomic E-state index is 11.8. The average Bonchev–Trinajstić information content (AvgIpc) is 2.47. The van der Waals surface area contributed by atoms with Crippen LogP contribution in [0.2, 0.25) is 0 Å². The second kappa shape index (κ2) is 7.25. The summed E-state index contributed by atoms with van der Waals surface area (Å²) in [5, 5.41) is 6.04. The lowest BCUT2D eigenvalue weighted by atomic mass is 9.89. The van der Waals surface area contributed by atoms with Crippen molar-refractivity contribution in [2.24, 2.45) is 0 Å². The molecule has 0 fully saturated rings. The van der Waals surface area contributed by atoms with Gasteiger partial charge in [0.05, 0.1) is 12.6 Å². The van der Waals surface area contributed by atoms with Crippen LogP contribution < -0.4 is 10.6 Å². The molecule has 0 saturated heterocycles. The van der Waals surface area contributed by atoms with Gasteiger partial charge in [-0.05, 0) is 49.3 Å². The van der Waals surface area contributed by atoms with Gasteiger partial charge in [-0.25, -0.2) is 0 Å². The molecule has 1 unspecified atom stereocenters. The van der Waals surface area contributed by atoms with Gasteiger partial charge in [-0.15, -0.1) is 6.58 Å². The third-order valence-electron chi connectivity index (χ3n) is 3.82. The van der Waals surface area contributed by atoms with E-state index >= 15 is 0 Å². The number of hydrogen-bond acceptors (Lipinski definition) is 2. The van der Waals surface area contributed by atoms with Crippen LogP contribution in [0.5, 0.6) is 0 Å². The molecule has 0 aliphatic heterocycles. The zero-order valence-corrected chi connectivity index (χ0v) is 12.2. The maximum atomic E-state index is 11.8.